The van der Waals surface area contributed by atoms with Crippen molar-refractivity contribution in [3.05, 3.63) is 47.8 Å². The molecule has 1 aromatic carbocycles. The van der Waals surface area contributed by atoms with Crippen LogP contribution in [-0.2, 0) is 6.42 Å². The third kappa shape index (κ3) is 3.65. The van der Waals surface area contributed by atoms with E-state index in [4.69, 9.17) is 0 Å². The van der Waals surface area contributed by atoms with Crippen molar-refractivity contribution in [1.82, 2.24) is 15.1 Å². The van der Waals surface area contributed by atoms with Gasteiger partial charge < -0.3 is 10.4 Å². The normalized spacial score (nSPS) is 16.8. The molecule has 6 heteroatoms. The molecule has 2 aromatic rings. The topological polar surface area (TPSA) is 67.2 Å². The Kier molecular flexibility index (Phi) is 5.26. The van der Waals surface area contributed by atoms with Crippen LogP contribution in [0.15, 0.2) is 36.5 Å². The minimum absolute atomic E-state index is 0.166. The average molecular weight is 345 g/mol. The molecule has 128 valence electrons. The molecular weight excluding hydrogens is 322 g/mol. The minimum Gasteiger partial charge on any atom is -0.388 e. The van der Waals surface area contributed by atoms with E-state index in [1.54, 1.807) is 10.9 Å². The number of carbonyl (C=O) groups is 1. The number of nitrogens with one attached hydrogen (secondary N) is 1. The Balaban J connectivity index is 1.74. The van der Waals surface area contributed by atoms with Crippen molar-refractivity contribution < 1.29 is 9.90 Å². The van der Waals surface area contributed by atoms with Crippen molar-refractivity contribution in [3.63, 3.8) is 0 Å². The molecule has 1 saturated heterocycles. The van der Waals surface area contributed by atoms with Gasteiger partial charge in [-0.05, 0) is 42.9 Å². The molecular formula is C18H23N3O2S. The van der Waals surface area contributed by atoms with Gasteiger partial charge in [-0.15, -0.1) is 0 Å². The lowest BCUT2D eigenvalue weighted by Gasteiger charge is -2.31. The molecule has 1 aliphatic heterocycles. The smallest absolute Gasteiger partial charge is 0.254 e. The molecule has 0 atom stereocenters. The van der Waals surface area contributed by atoms with Crippen molar-refractivity contribution in [1.29, 1.82) is 0 Å². The van der Waals surface area contributed by atoms with Gasteiger partial charge in [0.1, 0.15) is 0 Å². The van der Waals surface area contributed by atoms with Gasteiger partial charge in [-0.1, -0.05) is 25.1 Å². The molecule has 0 bridgehead atoms. The molecule has 0 saturated carbocycles. The summed E-state index contributed by atoms with van der Waals surface area (Å²) in [5, 5.41) is 17.8. The maximum absolute atomic E-state index is 12.6. The number of nitrogens with zero attached hydrogens (tertiary/aromatic N) is 2. The zero-order valence-electron chi connectivity index (χ0n) is 13.9. The fourth-order valence-electron chi connectivity index (χ4n) is 2.96. The molecule has 1 aromatic heterocycles. The molecule has 0 unspecified atom stereocenters. The minimum atomic E-state index is -0.775. The Bertz CT molecular complexity index is 694. The van der Waals surface area contributed by atoms with Gasteiger partial charge in [-0.25, -0.2) is 4.68 Å². The summed E-state index contributed by atoms with van der Waals surface area (Å²) in [4.78, 5) is 12.6. The van der Waals surface area contributed by atoms with E-state index in [9.17, 15) is 9.90 Å². The molecule has 0 radical (unpaired) electrons. The second kappa shape index (κ2) is 7.40. The van der Waals surface area contributed by atoms with E-state index in [0.717, 1.165) is 35.7 Å². The first-order valence-electron chi connectivity index (χ1n) is 8.33. The first-order valence-corrected chi connectivity index (χ1v) is 9.49. The summed E-state index contributed by atoms with van der Waals surface area (Å²) in [5.74, 6) is 1.72. The Morgan fingerprint density at radius 2 is 2.04 bits per heavy atom. The summed E-state index contributed by atoms with van der Waals surface area (Å²) in [6, 6.07) is 9.79. The van der Waals surface area contributed by atoms with Crippen LogP contribution in [0, 0.1) is 0 Å². The number of hydrogen-bond donors (Lipinski definition) is 2. The zero-order chi connectivity index (χ0) is 17.0. The van der Waals surface area contributed by atoms with Crippen molar-refractivity contribution in [2.45, 2.75) is 31.8 Å². The molecule has 2 N–H and O–H groups in total. The highest BCUT2D eigenvalue weighted by atomic mass is 32.2. The number of carbonyl (C=O) groups excluding carboxylic acids is 1. The SMILES string of the molecule is CCc1c(C(=O)NCC2(O)CCSCC2)cnn1-c1ccccc1. The van der Waals surface area contributed by atoms with Gasteiger partial charge in [-0.2, -0.15) is 16.9 Å². The maximum Gasteiger partial charge on any atom is 0.254 e. The van der Waals surface area contributed by atoms with Crippen LogP contribution in [-0.4, -0.2) is 44.4 Å². The molecule has 24 heavy (non-hydrogen) atoms. The fourth-order valence-corrected chi connectivity index (χ4v) is 4.22. The number of rotatable bonds is 5. The Labute approximate surface area is 146 Å². The summed E-state index contributed by atoms with van der Waals surface area (Å²) in [6.07, 6.45) is 3.77. The second-order valence-electron chi connectivity index (χ2n) is 6.13. The van der Waals surface area contributed by atoms with E-state index in [-0.39, 0.29) is 5.91 Å². The zero-order valence-corrected chi connectivity index (χ0v) is 14.7. The Morgan fingerprint density at radius 1 is 1.33 bits per heavy atom. The number of aromatic nitrogens is 2. The van der Waals surface area contributed by atoms with Crippen LogP contribution < -0.4 is 5.32 Å². The summed E-state index contributed by atoms with van der Waals surface area (Å²) >= 11 is 1.85. The molecule has 3 rings (SSSR count). The number of thioether (sulfide) groups is 1. The van der Waals surface area contributed by atoms with Gasteiger partial charge in [0.2, 0.25) is 0 Å². The van der Waals surface area contributed by atoms with Gasteiger partial charge in [0, 0.05) is 6.54 Å². The van der Waals surface area contributed by atoms with Crippen LogP contribution in [0.2, 0.25) is 0 Å². The first-order chi connectivity index (χ1) is 11.6. The van der Waals surface area contributed by atoms with Crippen LogP contribution in [0.1, 0.15) is 35.8 Å². The monoisotopic (exact) mass is 345 g/mol. The Morgan fingerprint density at radius 3 is 2.71 bits per heavy atom. The number of amides is 1. The molecule has 5 nitrogen and oxygen atoms in total. The van der Waals surface area contributed by atoms with Gasteiger partial charge in [-0.3, -0.25) is 4.79 Å². The van der Waals surface area contributed by atoms with E-state index in [0.29, 0.717) is 18.5 Å². The lowest BCUT2D eigenvalue weighted by molar-refractivity contribution is 0.0311. The molecule has 1 aliphatic rings. The highest BCUT2D eigenvalue weighted by Gasteiger charge is 2.30. The molecule has 0 aliphatic carbocycles. The standard InChI is InChI=1S/C18H23N3O2S/c1-2-16-15(12-20-21(16)14-6-4-3-5-7-14)17(22)19-13-18(23)8-10-24-11-9-18/h3-7,12,23H,2,8-11,13H2,1H3,(H,19,22). The van der Waals surface area contributed by atoms with Crippen LogP contribution in [0.3, 0.4) is 0 Å². The van der Waals surface area contributed by atoms with Crippen molar-refractivity contribution in [2.75, 3.05) is 18.1 Å². The van der Waals surface area contributed by atoms with Crippen molar-refractivity contribution >= 4 is 17.7 Å². The highest BCUT2D eigenvalue weighted by Crippen LogP contribution is 2.26. The summed E-state index contributed by atoms with van der Waals surface area (Å²) in [5.41, 5.74) is 1.62. The highest BCUT2D eigenvalue weighted by molar-refractivity contribution is 7.99. The van der Waals surface area contributed by atoms with E-state index < -0.39 is 5.60 Å². The van der Waals surface area contributed by atoms with Crippen molar-refractivity contribution in [2.24, 2.45) is 0 Å². The predicted octanol–water partition coefficient (Wildman–Crippen LogP) is 2.42. The average Bonchev–Trinajstić information content (AvgIpc) is 3.05. The van der Waals surface area contributed by atoms with E-state index in [1.165, 1.54) is 0 Å². The molecule has 2 heterocycles. The lowest BCUT2D eigenvalue weighted by atomic mass is 9.97. The van der Waals surface area contributed by atoms with Gasteiger partial charge in [0.25, 0.3) is 5.91 Å². The largest absolute Gasteiger partial charge is 0.388 e. The van der Waals surface area contributed by atoms with Crippen LogP contribution in [0.25, 0.3) is 5.69 Å². The van der Waals surface area contributed by atoms with Crippen molar-refractivity contribution in [3.8, 4) is 5.69 Å². The molecule has 1 fully saturated rings. The molecule has 0 spiro atoms. The van der Waals surface area contributed by atoms with E-state index in [2.05, 4.69) is 10.4 Å². The number of para-hydroxylation sites is 1. The Hall–Kier alpha value is -1.79. The van der Waals surface area contributed by atoms with Gasteiger partial charge >= 0.3 is 0 Å². The fraction of sp³-hybridized carbons (Fsp3) is 0.444. The first kappa shape index (κ1) is 17.0. The number of benzene rings is 1. The summed E-state index contributed by atoms with van der Waals surface area (Å²) < 4.78 is 1.81. The van der Waals surface area contributed by atoms with Crippen LogP contribution >= 0.6 is 11.8 Å². The van der Waals surface area contributed by atoms with Gasteiger partial charge in [0.15, 0.2) is 0 Å². The predicted molar refractivity (Wildman–Crippen MR) is 96.8 cm³/mol. The van der Waals surface area contributed by atoms with Gasteiger partial charge in [0.05, 0.1) is 28.7 Å². The number of aliphatic hydroxyl groups is 1. The number of hydrogen-bond acceptors (Lipinski definition) is 4. The van der Waals surface area contributed by atoms with E-state index in [1.807, 2.05) is 49.0 Å². The van der Waals surface area contributed by atoms with Crippen LogP contribution in [0.5, 0.6) is 0 Å². The van der Waals surface area contributed by atoms with Crippen LogP contribution in [0.4, 0.5) is 0 Å². The summed E-state index contributed by atoms with van der Waals surface area (Å²) in [7, 11) is 0. The third-order valence-electron chi connectivity index (χ3n) is 4.45. The maximum atomic E-state index is 12.6. The third-order valence-corrected chi connectivity index (χ3v) is 5.44. The van der Waals surface area contributed by atoms with E-state index >= 15 is 0 Å². The second-order valence-corrected chi connectivity index (χ2v) is 7.35. The summed E-state index contributed by atoms with van der Waals surface area (Å²) in [6.45, 7) is 2.31. The molecule has 1 amide bonds. The quantitative estimate of drug-likeness (QED) is 0.873. The lowest BCUT2D eigenvalue weighted by Crippen LogP contribution is -2.45.